The van der Waals surface area contributed by atoms with Gasteiger partial charge in [0.1, 0.15) is 11.5 Å². The van der Waals surface area contributed by atoms with E-state index in [9.17, 15) is 4.79 Å². The number of hydrogen-bond acceptors (Lipinski definition) is 6. The first-order valence-corrected chi connectivity index (χ1v) is 11.0. The van der Waals surface area contributed by atoms with Gasteiger partial charge in [-0.25, -0.2) is 10.1 Å². The predicted molar refractivity (Wildman–Crippen MR) is 132 cm³/mol. The maximum absolute atomic E-state index is 12.8. The summed E-state index contributed by atoms with van der Waals surface area (Å²) in [4.78, 5) is 12.8. The lowest BCUT2D eigenvalue weighted by Gasteiger charge is -2.15. The number of ether oxygens (including phenoxy) is 3. The predicted octanol–water partition coefficient (Wildman–Crippen LogP) is 4.80. The minimum absolute atomic E-state index is 0.393. The lowest BCUT2D eigenvalue weighted by molar-refractivity contribution is -0.131. The largest absolute Gasteiger partial charge is 0.500 e. The van der Waals surface area contributed by atoms with Crippen LogP contribution >= 0.6 is 15.9 Å². The number of hydrazone groups is 1. The Balaban J connectivity index is 2.16. The van der Waals surface area contributed by atoms with Gasteiger partial charge in [-0.3, -0.25) is 4.79 Å². The van der Waals surface area contributed by atoms with Crippen LogP contribution in [0.15, 0.2) is 82.1 Å². The summed E-state index contributed by atoms with van der Waals surface area (Å²) in [6.45, 7) is 7.78. The Labute approximate surface area is 202 Å². The molecule has 33 heavy (non-hydrogen) atoms. The number of carbonyl (C=O) groups is 1. The molecule has 8 nitrogen and oxygen atoms in total. The van der Waals surface area contributed by atoms with Crippen molar-refractivity contribution in [3.63, 3.8) is 0 Å². The quantitative estimate of drug-likeness (QED) is 0.200. The topological polar surface area (TPSA) is 87.0 Å². The molecule has 1 amide bonds. The van der Waals surface area contributed by atoms with Gasteiger partial charge in [0.2, 0.25) is 0 Å². The summed E-state index contributed by atoms with van der Waals surface area (Å²) in [6.07, 6.45) is 5.00. The molecule has 1 atom stereocenters. The standard InChI is InChI=1S/C24H29BrN4O4/c1-7-20(16(2)15-21(32-5)22(25)17(3)31-4)27-28-24(30)23(33-6)18-9-11-19(12-10-18)29-14-8-13-26-29/h8-15,23H,2,7H2,1,3-6H3,(H,28,30)/b21-15+,22-17-,27-20+. The summed E-state index contributed by atoms with van der Waals surface area (Å²) in [7, 11) is 4.60. The third-order valence-electron chi connectivity index (χ3n) is 4.80. The van der Waals surface area contributed by atoms with E-state index in [0.717, 1.165) is 5.69 Å². The Kier molecular flexibility index (Phi) is 10.1. The number of rotatable bonds is 11. The van der Waals surface area contributed by atoms with Gasteiger partial charge >= 0.3 is 0 Å². The van der Waals surface area contributed by atoms with Gasteiger partial charge in [0.25, 0.3) is 5.91 Å². The number of hydrogen-bond donors (Lipinski definition) is 1. The first-order chi connectivity index (χ1) is 15.9. The summed E-state index contributed by atoms with van der Waals surface area (Å²) >= 11 is 3.45. The number of nitrogens with zero attached hydrogens (tertiary/aromatic N) is 3. The van der Waals surface area contributed by atoms with Crippen molar-refractivity contribution < 1.29 is 19.0 Å². The highest BCUT2D eigenvalue weighted by atomic mass is 79.9. The molecular formula is C24H29BrN4O4. The normalized spacial score (nSPS) is 13.8. The minimum atomic E-state index is -0.821. The summed E-state index contributed by atoms with van der Waals surface area (Å²) in [5, 5.41) is 8.46. The van der Waals surface area contributed by atoms with Crippen molar-refractivity contribution >= 4 is 27.5 Å². The molecule has 1 unspecified atom stereocenters. The first kappa shape index (κ1) is 26.1. The summed E-state index contributed by atoms with van der Waals surface area (Å²) in [6, 6.07) is 9.23. The van der Waals surface area contributed by atoms with Crippen LogP contribution in [0.1, 0.15) is 31.9 Å². The number of allylic oxidation sites excluding steroid dienone is 4. The van der Waals surface area contributed by atoms with E-state index in [1.165, 1.54) is 7.11 Å². The maximum Gasteiger partial charge on any atom is 0.273 e. The van der Waals surface area contributed by atoms with Crippen molar-refractivity contribution in [2.24, 2.45) is 5.10 Å². The van der Waals surface area contributed by atoms with E-state index in [0.29, 0.717) is 39.3 Å². The Hall–Kier alpha value is -3.17. The van der Waals surface area contributed by atoms with E-state index in [4.69, 9.17) is 14.2 Å². The molecule has 176 valence electrons. The van der Waals surface area contributed by atoms with Gasteiger partial charge in [-0.15, -0.1) is 0 Å². The van der Waals surface area contributed by atoms with Crippen LogP contribution in [-0.2, 0) is 19.0 Å². The van der Waals surface area contributed by atoms with Crippen LogP contribution in [0, 0.1) is 0 Å². The number of amides is 1. The van der Waals surface area contributed by atoms with Crippen LogP contribution < -0.4 is 5.43 Å². The lowest BCUT2D eigenvalue weighted by atomic mass is 10.1. The molecule has 0 aliphatic rings. The number of nitrogens with one attached hydrogen (secondary N) is 1. The molecular weight excluding hydrogens is 488 g/mol. The average Bonchev–Trinajstić information content (AvgIpc) is 3.38. The monoisotopic (exact) mass is 516 g/mol. The molecule has 0 bridgehead atoms. The second kappa shape index (κ2) is 12.8. The molecule has 1 heterocycles. The van der Waals surface area contributed by atoms with Gasteiger partial charge < -0.3 is 14.2 Å². The van der Waals surface area contributed by atoms with Crippen LogP contribution in [0.25, 0.3) is 5.69 Å². The van der Waals surface area contributed by atoms with Crippen LogP contribution in [-0.4, -0.2) is 42.7 Å². The Morgan fingerprint density at radius 2 is 1.97 bits per heavy atom. The number of benzene rings is 1. The summed E-state index contributed by atoms with van der Waals surface area (Å²) < 4.78 is 18.5. The first-order valence-electron chi connectivity index (χ1n) is 10.2. The van der Waals surface area contributed by atoms with Crippen molar-refractivity contribution in [2.75, 3.05) is 21.3 Å². The van der Waals surface area contributed by atoms with E-state index in [2.05, 4.69) is 38.1 Å². The van der Waals surface area contributed by atoms with Gasteiger partial charge in [0, 0.05) is 19.5 Å². The molecule has 2 rings (SSSR count). The number of carbonyl (C=O) groups excluding carboxylic acids is 1. The zero-order chi connectivity index (χ0) is 24.4. The average molecular weight is 517 g/mol. The smallest absolute Gasteiger partial charge is 0.273 e. The van der Waals surface area contributed by atoms with Gasteiger partial charge in [-0.2, -0.15) is 10.2 Å². The fourth-order valence-corrected chi connectivity index (χ4v) is 3.33. The van der Waals surface area contributed by atoms with Crippen LogP contribution in [0.3, 0.4) is 0 Å². The highest BCUT2D eigenvalue weighted by molar-refractivity contribution is 9.12. The number of aromatic nitrogens is 2. The second-order valence-electron chi connectivity index (χ2n) is 6.86. The molecule has 0 saturated heterocycles. The molecule has 0 fully saturated rings. The van der Waals surface area contributed by atoms with E-state index >= 15 is 0 Å². The van der Waals surface area contributed by atoms with Crippen molar-refractivity contribution in [1.82, 2.24) is 15.2 Å². The van der Waals surface area contributed by atoms with Gasteiger partial charge in [0.05, 0.1) is 30.1 Å². The van der Waals surface area contributed by atoms with Crippen molar-refractivity contribution in [2.45, 2.75) is 26.4 Å². The molecule has 1 aromatic heterocycles. The van der Waals surface area contributed by atoms with E-state index in [-0.39, 0.29) is 0 Å². The van der Waals surface area contributed by atoms with Gasteiger partial charge in [-0.05, 0) is 64.7 Å². The van der Waals surface area contributed by atoms with Crippen molar-refractivity contribution in [3.05, 3.63) is 82.5 Å². The zero-order valence-corrected chi connectivity index (χ0v) is 21.0. The molecule has 1 aromatic carbocycles. The molecule has 0 radical (unpaired) electrons. The molecule has 2 aromatic rings. The molecule has 0 spiro atoms. The van der Waals surface area contributed by atoms with Crippen LogP contribution in [0.5, 0.6) is 0 Å². The second-order valence-corrected chi connectivity index (χ2v) is 7.65. The highest BCUT2D eigenvalue weighted by Crippen LogP contribution is 2.24. The van der Waals surface area contributed by atoms with Gasteiger partial charge in [-0.1, -0.05) is 25.6 Å². The number of methoxy groups -OCH3 is 3. The Morgan fingerprint density at radius 1 is 1.27 bits per heavy atom. The van der Waals surface area contributed by atoms with Crippen LogP contribution in [0.2, 0.25) is 0 Å². The lowest BCUT2D eigenvalue weighted by Crippen LogP contribution is -2.27. The molecule has 0 aliphatic carbocycles. The maximum atomic E-state index is 12.8. The zero-order valence-electron chi connectivity index (χ0n) is 19.5. The van der Waals surface area contributed by atoms with E-state index in [1.807, 2.05) is 43.5 Å². The third-order valence-corrected chi connectivity index (χ3v) is 5.75. The third kappa shape index (κ3) is 6.90. The Morgan fingerprint density at radius 3 is 2.48 bits per heavy atom. The highest BCUT2D eigenvalue weighted by Gasteiger charge is 2.20. The van der Waals surface area contributed by atoms with Crippen molar-refractivity contribution in [3.8, 4) is 5.69 Å². The van der Waals surface area contributed by atoms with Crippen molar-refractivity contribution in [1.29, 1.82) is 0 Å². The molecule has 0 aliphatic heterocycles. The fourth-order valence-electron chi connectivity index (χ4n) is 2.89. The number of halogens is 1. The van der Waals surface area contributed by atoms with E-state index in [1.54, 1.807) is 38.1 Å². The molecule has 1 N–H and O–H groups in total. The molecule has 9 heteroatoms. The SMILES string of the molecule is C=C(/C=C(OC)\C(Br)=C(/C)OC)/C(CC)=N/NC(=O)C(OC)c1ccc(-n2cccn2)cc1. The van der Waals surface area contributed by atoms with E-state index < -0.39 is 12.0 Å². The summed E-state index contributed by atoms with van der Waals surface area (Å²) in [5.41, 5.74) is 5.35. The summed E-state index contributed by atoms with van der Waals surface area (Å²) in [5.74, 6) is 0.787. The van der Waals surface area contributed by atoms with Gasteiger partial charge in [0.15, 0.2) is 6.10 Å². The minimum Gasteiger partial charge on any atom is -0.500 e. The van der Waals surface area contributed by atoms with Crippen LogP contribution in [0.4, 0.5) is 0 Å². The Bertz CT molecular complexity index is 1040. The molecule has 0 saturated carbocycles. The fraction of sp³-hybridized carbons (Fsp3) is 0.292.